The molecule has 108 valence electrons. The molecule has 6 nitrogen and oxygen atoms in total. The highest BCUT2D eigenvalue weighted by atomic mass is 35.5. The molecule has 3 aromatic heterocycles. The Balaban J connectivity index is 2.25. The van der Waals surface area contributed by atoms with E-state index < -0.39 is 11.2 Å². The summed E-state index contributed by atoms with van der Waals surface area (Å²) < 4.78 is 1.49. The lowest BCUT2D eigenvalue weighted by atomic mass is 10.2. The van der Waals surface area contributed by atoms with Crippen molar-refractivity contribution in [3.63, 3.8) is 0 Å². The van der Waals surface area contributed by atoms with E-state index in [9.17, 15) is 14.8 Å². The minimum Gasteiger partial charge on any atom is -0.421 e. The molecule has 0 aromatic carbocycles. The molecular weight excluding hydrogens is 314 g/mol. The van der Waals surface area contributed by atoms with Crippen molar-refractivity contribution in [1.29, 1.82) is 0 Å². The molecule has 3 rings (SSSR count). The number of hydrogen-bond donors (Lipinski definition) is 1. The van der Waals surface area contributed by atoms with Crippen LogP contribution in [0.5, 0.6) is 0 Å². The standard InChI is InChI=1S/C13H10ClN3O3S/c1-7-6-21-12-10(7)11(18)17(20)13(19)16(12)5-8-2-3-9(14)15-4-8/h2-4,6,20H,5H2,1H3. The Morgan fingerprint density at radius 3 is 2.81 bits per heavy atom. The summed E-state index contributed by atoms with van der Waals surface area (Å²) >= 11 is 7.02. The fraction of sp³-hybridized carbons (Fsp3) is 0.154. The first-order valence-corrected chi connectivity index (χ1v) is 7.28. The molecule has 0 aliphatic rings. The molecule has 0 bridgehead atoms. The van der Waals surface area contributed by atoms with Gasteiger partial charge < -0.3 is 5.21 Å². The van der Waals surface area contributed by atoms with Crippen LogP contribution in [-0.2, 0) is 6.54 Å². The van der Waals surface area contributed by atoms with Crippen LogP contribution in [0, 0.1) is 6.92 Å². The van der Waals surface area contributed by atoms with Gasteiger partial charge in [-0.2, -0.15) is 0 Å². The fourth-order valence-electron chi connectivity index (χ4n) is 2.11. The predicted octanol–water partition coefficient (Wildman–Crippen LogP) is 1.87. The van der Waals surface area contributed by atoms with E-state index >= 15 is 0 Å². The normalized spacial score (nSPS) is 11.1. The largest absolute Gasteiger partial charge is 0.421 e. The van der Waals surface area contributed by atoms with E-state index in [0.29, 0.717) is 15.4 Å². The third-order valence-electron chi connectivity index (χ3n) is 3.15. The highest BCUT2D eigenvalue weighted by Gasteiger charge is 2.16. The van der Waals surface area contributed by atoms with Crippen LogP contribution >= 0.6 is 22.9 Å². The molecule has 0 unspecified atom stereocenters. The van der Waals surface area contributed by atoms with Crippen LogP contribution in [0.4, 0.5) is 0 Å². The highest BCUT2D eigenvalue weighted by Crippen LogP contribution is 2.21. The first-order valence-electron chi connectivity index (χ1n) is 6.02. The molecule has 0 spiro atoms. The Kier molecular flexibility index (Phi) is 3.30. The van der Waals surface area contributed by atoms with Gasteiger partial charge in [0, 0.05) is 6.20 Å². The molecule has 21 heavy (non-hydrogen) atoms. The molecule has 0 saturated carbocycles. The van der Waals surface area contributed by atoms with Crippen LogP contribution in [-0.4, -0.2) is 19.5 Å². The molecule has 0 saturated heterocycles. The quantitative estimate of drug-likeness (QED) is 0.577. The lowest BCUT2D eigenvalue weighted by Crippen LogP contribution is -2.38. The van der Waals surface area contributed by atoms with Gasteiger partial charge in [0.05, 0.1) is 11.9 Å². The van der Waals surface area contributed by atoms with Crippen LogP contribution in [0.25, 0.3) is 10.2 Å². The summed E-state index contributed by atoms with van der Waals surface area (Å²) in [6.45, 7) is 1.96. The number of rotatable bonds is 2. The third-order valence-corrected chi connectivity index (χ3v) is 4.49. The highest BCUT2D eigenvalue weighted by molar-refractivity contribution is 7.17. The Hall–Kier alpha value is -2.12. The predicted molar refractivity (Wildman–Crippen MR) is 80.6 cm³/mol. The van der Waals surface area contributed by atoms with Gasteiger partial charge >= 0.3 is 5.69 Å². The SMILES string of the molecule is Cc1csc2c1c(=O)n(O)c(=O)n2Cc1ccc(Cl)nc1. The van der Waals surface area contributed by atoms with Gasteiger partial charge in [-0.15, -0.1) is 11.3 Å². The third kappa shape index (κ3) is 2.24. The monoisotopic (exact) mass is 323 g/mol. The lowest BCUT2D eigenvalue weighted by molar-refractivity contribution is 0.158. The molecule has 3 heterocycles. The zero-order valence-electron chi connectivity index (χ0n) is 10.9. The van der Waals surface area contributed by atoms with E-state index in [4.69, 9.17) is 11.6 Å². The summed E-state index contributed by atoms with van der Waals surface area (Å²) in [6, 6.07) is 3.36. The van der Waals surface area contributed by atoms with E-state index in [0.717, 1.165) is 11.1 Å². The van der Waals surface area contributed by atoms with Gasteiger partial charge in [-0.1, -0.05) is 22.4 Å². The van der Waals surface area contributed by atoms with Gasteiger partial charge in [0.2, 0.25) is 0 Å². The van der Waals surface area contributed by atoms with Crippen molar-refractivity contribution in [2.24, 2.45) is 0 Å². The van der Waals surface area contributed by atoms with E-state index in [1.807, 2.05) is 0 Å². The number of aromatic nitrogens is 3. The molecule has 0 aliphatic carbocycles. The second kappa shape index (κ2) is 5.01. The van der Waals surface area contributed by atoms with Crippen LogP contribution < -0.4 is 11.2 Å². The van der Waals surface area contributed by atoms with Crippen molar-refractivity contribution in [3.05, 3.63) is 60.8 Å². The van der Waals surface area contributed by atoms with Crippen molar-refractivity contribution < 1.29 is 5.21 Å². The van der Waals surface area contributed by atoms with Gasteiger partial charge in [0.15, 0.2) is 0 Å². The summed E-state index contributed by atoms with van der Waals surface area (Å²) in [4.78, 5) is 28.6. The second-order valence-electron chi connectivity index (χ2n) is 4.57. The summed E-state index contributed by atoms with van der Waals surface area (Å²) in [6.07, 6.45) is 1.55. The van der Waals surface area contributed by atoms with Crippen molar-refractivity contribution >= 4 is 33.2 Å². The molecule has 0 amide bonds. The molecule has 8 heteroatoms. The molecule has 0 fully saturated rings. The Morgan fingerprint density at radius 1 is 1.38 bits per heavy atom. The summed E-state index contributed by atoms with van der Waals surface area (Å²) in [5, 5.41) is 12.2. The van der Waals surface area contributed by atoms with Crippen molar-refractivity contribution in [2.45, 2.75) is 13.5 Å². The number of pyridine rings is 1. The Labute approximate surface area is 127 Å². The zero-order valence-corrected chi connectivity index (χ0v) is 12.5. The summed E-state index contributed by atoms with van der Waals surface area (Å²) in [5.41, 5.74) is 0.00168. The van der Waals surface area contributed by atoms with Gasteiger partial charge in [-0.3, -0.25) is 9.36 Å². The van der Waals surface area contributed by atoms with Crippen LogP contribution in [0.1, 0.15) is 11.1 Å². The second-order valence-corrected chi connectivity index (χ2v) is 5.82. The molecule has 0 aliphatic heterocycles. The molecule has 1 N–H and O–H groups in total. The molecular formula is C13H10ClN3O3S. The van der Waals surface area contributed by atoms with E-state index in [-0.39, 0.29) is 11.3 Å². The van der Waals surface area contributed by atoms with Crippen molar-refractivity contribution in [3.8, 4) is 0 Å². The minimum absolute atomic E-state index is 0.144. The van der Waals surface area contributed by atoms with Crippen molar-refractivity contribution in [1.82, 2.24) is 14.3 Å². The van der Waals surface area contributed by atoms with Gasteiger partial charge in [-0.25, -0.2) is 9.78 Å². The van der Waals surface area contributed by atoms with Gasteiger partial charge in [-0.05, 0) is 29.5 Å². The van der Waals surface area contributed by atoms with Crippen LogP contribution in [0.3, 0.4) is 0 Å². The Morgan fingerprint density at radius 2 is 2.14 bits per heavy atom. The Bertz CT molecular complexity index is 940. The zero-order chi connectivity index (χ0) is 15.1. The lowest BCUT2D eigenvalue weighted by Gasteiger charge is -2.08. The first kappa shape index (κ1) is 13.8. The number of nitrogens with zero attached hydrogens (tertiary/aromatic N) is 3. The number of thiophene rings is 1. The van der Waals surface area contributed by atoms with Gasteiger partial charge in [0.25, 0.3) is 5.56 Å². The van der Waals surface area contributed by atoms with Crippen molar-refractivity contribution in [2.75, 3.05) is 0 Å². The van der Waals surface area contributed by atoms with Crippen LogP contribution in [0.2, 0.25) is 5.15 Å². The maximum Gasteiger partial charge on any atom is 0.365 e. The van der Waals surface area contributed by atoms with E-state index in [1.54, 1.807) is 30.6 Å². The van der Waals surface area contributed by atoms with E-state index in [1.165, 1.54) is 15.9 Å². The molecule has 0 radical (unpaired) electrons. The van der Waals surface area contributed by atoms with Gasteiger partial charge in [0.1, 0.15) is 9.98 Å². The first-order chi connectivity index (χ1) is 9.99. The smallest absolute Gasteiger partial charge is 0.365 e. The summed E-state index contributed by atoms with van der Waals surface area (Å²) in [7, 11) is 0. The topological polar surface area (TPSA) is 77.1 Å². The summed E-state index contributed by atoms with van der Waals surface area (Å²) in [5.74, 6) is 0. The average Bonchev–Trinajstić information content (AvgIpc) is 2.85. The number of aryl methyl sites for hydroxylation is 1. The maximum absolute atomic E-state index is 12.1. The number of halogens is 1. The number of hydrogen-bond acceptors (Lipinski definition) is 5. The maximum atomic E-state index is 12.1. The molecule has 0 atom stereocenters. The number of fused-ring (bicyclic) bond motifs is 1. The molecule has 3 aromatic rings. The van der Waals surface area contributed by atoms with Crippen LogP contribution in [0.15, 0.2) is 33.3 Å². The average molecular weight is 324 g/mol. The minimum atomic E-state index is -0.774. The van der Waals surface area contributed by atoms with E-state index in [2.05, 4.69) is 4.98 Å². The fourth-order valence-corrected chi connectivity index (χ4v) is 3.26.